The predicted molar refractivity (Wildman–Crippen MR) is 64.7 cm³/mol. The minimum Gasteiger partial charge on any atom is -0.398 e. The molecule has 0 spiro atoms. The number of nitrogens with one attached hydrogen (secondary N) is 1. The highest BCUT2D eigenvalue weighted by atomic mass is 16.1. The highest BCUT2D eigenvalue weighted by Crippen LogP contribution is 2.24. The number of carbonyl (C=O) groups excluding carboxylic acids is 1. The molecule has 1 aromatic carbocycles. The molecule has 3 heteroatoms. The average Bonchev–Trinajstić information content (AvgIpc) is 2.81. The van der Waals surface area contributed by atoms with E-state index < -0.39 is 0 Å². The standard InChI is InChI=1S/C13H18N2O/c14-12-8-4-3-7-11(12)9-15-13(16)10-5-1-2-6-10/h3-4,7-8,10H,1-2,5-6,9,14H2,(H,15,16). The van der Waals surface area contributed by atoms with Gasteiger partial charge in [0.2, 0.25) is 5.91 Å². The molecular weight excluding hydrogens is 200 g/mol. The minimum absolute atomic E-state index is 0.181. The summed E-state index contributed by atoms with van der Waals surface area (Å²) in [5.74, 6) is 0.408. The first-order valence-electron chi connectivity index (χ1n) is 5.88. The molecule has 16 heavy (non-hydrogen) atoms. The van der Waals surface area contributed by atoms with Crippen molar-refractivity contribution in [2.45, 2.75) is 32.2 Å². The third-order valence-corrected chi connectivity index (χ3v) is 3.23. The molecule has 1 aliphatic rings. The first-order valence-corrected chi connectivity index (χ1v) is 5.88. The SMILES string of the molecule is Nc1ccccc1CNC(=O)C1CCCC1. The van der Waals surface area contributed by atoms with Crippen LogP contribution < -0.4 is 11.1 Å². The summed E-state index contributed by atoms with van der Waals surface area (Å²) < 4.78 is 0. The number of nitrogen functional groups attached to an aromatic ring is 1. The van der Waals surface area contributed by atoms with Gasteiger partial charge in [-0.2, -0.15) is 0 Å². The molecule has 0 atom stereocenters. The molecular formula is C13H18N2O. The van der Waals surface area contributed by atoms with Crippen molar-refractivity contribution in [2.24, 2.45) is 5.92 Å². The van der Waals surface area contributed by atoms with Crippen LogP contribution in [0.1, 0.15) is 31.2 Å². The number of hydrogen-bond donors (Lipinski definition) is 2. The Morgan fingerprint density at radius 1 is 1.31 bits per heavy atom. The van der Waals surface area contributed by atoms with Crippen LogP contribution in [-0.2, 0) is 11.3 Å². The molecule has 86 valence electrons. The molecule has 2 rings (SSSR count). The molecule has 0 aliphatic heterocycles. The molecule has 0 unspecified atom stereocenters. The van der Waals surface area contributed by atoms with Gasteiger partial charge >= 0.3 is 0 Å². The zero-order chi connectivity index (χ0) is 11.4. The van der Waals surface area contributed by atoms with Gasteiger partial charge in [0.15, 0.2) is 0 Å². The second kappa shape index (κ2) is 5.01. The summed E-state index contributed by atoms with van der Waals surface area (Å²) in [7, 11) is 0. The lowest BCUT2D eigenvalue weighted by Gasteiger charge is -2.11. The molecule has 0 saturated heterocycles. The van der Waals surface area contributed by atoms with E-state index >= 15 is 0 Å². The first-order chi connectivity index (χ1) is 7.77. The van der Waals surface area contributed by atoms with Gasteiger partial charge < -0.3 is 11.1 Å². The van der Waals surface area contributed by atoms with Gasteiger partial charge in [-0.25, -0.2) is 0 Å². The van der Waals surface area contributed by atoms with Gasteiger partial charge in [0.1, 0.15) is 0 Å². The molecule has 3 N–H and O–H groups in total. The van der Waals surface area contributed by atoms with Crippen molar-refractivity contribution in [2.75, 3.05) is 5.73 Å². The number of rotatable bonds is 3. The summed E-state index contributed by atoms with van der Waals surface area (Å²) in [5, 5.41) is 2.96. The van der Waals surface area contributed by atoms with Crippen LogP contribution in [0.15, 0.2) is 24.3 Å². The monoisotopic (exact) mass is 218 g/mol. The molecule has 1 saturated carbocycles. The van der Waals surface area contributed by atoms with E-state index in [-0.39, 0.29) is 11.8 Å². The zero-order valence-electron chi connectivity index (χ0n) is 9.41. The van der Waals surface area contributed by atoms with Crippen molar-refractivity contribution in [3.05, 3.63) is 29.8 Å². The first kappa shape index (κ1) is 11.0. The third-order valence-electron chi connectivity index (χ3n) is 3.23. The molecule has 0 heterocycles. The van der Waals surface area contributed by atoms with Crippen LogP contribution in [0.3, 0.4) is 0 Å². The van der Waals surface area contributed by atoms with E-state index in [1.54, 1.807) is 0 Å². The van der Waals surface area contributed by atoms with Gasteiger partial charge in [-0.1, -0.05) is 31.0 Å². The van der Waals surface area contributed by atoms with E-state index in [1.165, 1.54) is 12.8 Å². The number of anilines is 1. The predicted octanol–water partition coefficient (Wildman–Crippen LogP) is 2.08. The number of benzene rings is 1. The maximum atomic E-state index is 11.8. The van der Waals surface area contributed by atoms with Crippen LogP contribution in [-0.4, -0.2) is 5.91 Å². The third kappa shape index (κ3) is 2.54. The normalized spacial score (nSPS) is 16.2. The maximum absolute atomic E-state index is 11.8. The van der Waals surface area contributed by atoms with Gasteiger partial charge in [0.25, 0.3) is 0 Å². The summed E-state index contributed by atoms with van der Waals surface area (Å²) in [6, 6.07) is 7.65. The summed E-state index contributed by atoms with van der Waals surface area (Å²) in [4.78, 5) is 11.8. The lowest BCUT2D eigenvalue weighted by atomic mass is 10.1. The lowest BCUT2D eigenvalue weighted by Crippen LogP contribution is -2.29. The van der Waals surface area contributed by atoms with Crippen molar-refractivity contribution < 1.29 is 4.79 Å². The van der Waals surface area contributed by atoms with E-state index in [0.717, 1.165) is 24.1 Å². The van der Waals surface area contributed by atoms with Gasteiger partial charge in [-0.15, -0.1) is 0 Å². The molecule has 1 amide bonds. The Labute approximate surface area is 96.0 Å². The molecule has 1 fully saturated rings. The number of para-hydroxylation sites is 1. The van der Waals surface area contributed by atoms with Crippen molar-refractivity contribution in [3.8, 4) is 0 Å². The number of hydrogen-bond acceptors (Lipinski definition) is 2. The fourth-order valence-corrected chi connectivity index (χ4v) is 2.21. The van der Waals surface area contributed by atoms with Crippen LogP contribution in [0.25, 0.3) is 0 Å². The molecule has 1 aliphatic carbocycles. The Morgan fingerprint density at radius 3 is 2.69 bits per heavy atom. The molecule has 0 radical (unpaired) electrons. The van der Waals surface area contributed by atoms with Crippen molar-refractivity contribution >= 4 is 11.6 Å². The summed E-state index contributed by atoms with van der Waals surface area (Å²) >= 11 is 0. The summed E-state index contributed by atoms with van der Waals surface area (Å²) in [5.41, 5.74) is 7.55. The zero-order valence-corrected chi connectivity index (χ0v) is 9.41. The van der Waals surface area contributed by atoms with Crippen LogP contribution in [0.2, 0.25) is 0 Å². The van der Waals surface area contributed by atoms with E-state index in [4.69, 9.17) is 5.73 Å². The Hall–Kier alpha value is -1.51. The molecule has 3 nitrogen and oxygen atoms in total. The van der Waals surface area contributed by atoms with Gasteiger partial charge in [-0.3, -0.25) is 4.79 Å². The minimum atomic E-state index is 0.181. The Bertz CT molecular complexity index is 370. The number of carbonyl (C=O) groups is 1. The molecule has 0 bridgehead atoms. The van der Waals surface area contributed by atoms with Crippen molar-refractivity contribution in [1.82, 2.24) is 5.32 Å². The second-order valence-electron chi connectivity index (χ2n) is 4.40. The Morgan fingerprint density at radius 2 is 2.00 bits per heavy atom. The van der Waals surface area contributed by atoms with Crippen LogP contribution in [0, 0.1) is 5.92 Å². The average molecular weight is 218 g/mol. The van der Waals surface area contributed by atoms with Gasteiger partial charge in [0.05, 0.1) is 0 Å². The van der Waals surface area contributed by atoms with E-state index in [9.17, 15) is 4.79 Å². The fraction of sp³-hybridized carbons (Fsp3) is 0.462. The van der Waals surface area contributed by atoms with Crippen LogP contribution >= 0.6 is 0 Å². The smallest absolute Gasteiger partial charge is 0.223 e. The van der Waals surface area contributed by atoms with Crippen molar-refractivity contribution in [1.29, 1.82) is 0 Å². The van der Waals surface area contributed by atoms with Crippen LogP contribution in [0.4, 0.5) is 5.69 Å². The Kier molecular flexibility index (Phi) is 3.44. The lowest BCUT2D eigenvalue weighted by molar-refractivity contribution is -0.124. The van der Waals surface area contributed by atoms with Gasteiger partial charge in [0, 0.05) is 18.2 Å². The largest absolute Gasteiger partial charge is 0.398 e. The van der Waals surface area contributed by atoms with E-state index in [0.29, 0.717) is 6.54 Å². The Balaban J connectivity index is 1.87. The van der Waals surface area contributed by atoms with E-state index in [2.05, 4.69) is 5.32 Å². The molecule has 1 aromatic rings. The maximum Gasteiger partial charge on any atom is 0.223 e. The van der Waals surface area contributed by atoms with E-state index in [1.807, 2.05) is 24.3 Å². The van der Waals surface area contributed by atoms with Crippen LogP contribution in [0.5, 0.6) is 0 Å². The molecule has 0 aromatic heterocycles. The summed E-state index contributed by atoms with van der Waals surface area (Å²) in [6.07, 6.45) is 4.45. The number of nitrogens with two attached hydrogens (primary N) is 1. The van der Waals surface area contributed by atoms with Gasteiger partial charge in [-0.05, 0) is 24.5 Å². The highest BCUT2D eigenvalue weighted by molar-refractivity contribution is 5.79. The van der Waals surface area contributed by atoms with Crippen molar-refractivity contribution in [3.63, 3.8) is 0 Å². The fourth-order valence-electron chi connectivity index (χ4n) is 2.21. The summed E-state index contributed by atoms with van der Waals surface area (Å²) in [6.45, 7) is 0.544. The topological polar surface area (TPSA) is 55.1 Å². The second-order valence-corrected chi connectivity index (χ2v) is 4.40. The quantitative estimate of drug-likeness (QED) is 0.763. The number of amides is 1. The highest BCUT2D eigenvalue weighted by Gasteiger charge is 2.22.